The second-order valence-electron chi connectivity index (χ2n) is 5.14. The van der Waals surface area contributed by atoms with E-state index in [4.69, 9.17) is 0 Å². The van der Waals surface area contributed by atoms with Crippen molar-refractivity contribution < 1.29 is 8.42 Å². The Labute approximate surface area is 99.9 Å². The van der Waals surface area contributed by atoms with E-state index in [0.29, 0.717) is 11.8 Å². The van der Waals surface area contributed by atoms with Gasteiger partial charge in [0.2, 0.25) is 0 Å². The summed E-state index contributed by atoms with van der Waals surface area (Å²) in [5.41, 5.74) is 0. The summed E-state index contributed by atoms with van der Waals surface area (Å²) >= 11 is 0. The number of nitrogens with one attached hydrogen (secondary N) is 1. The molecule has 0 aromatic heterocycles. The summed E-state index contributed by atoms with van der Waals surface area (Å²) < 4.78 is 22.2. The Morgan fingerprint density at radius 2 is 1.88 bits per heavy atom. The molecule has 3 nitrogen and oxygen atoms in total. The Morgan fingerprint density at radius 3 is 2.38 bits per heavy atom. The summed E-state index contributed by atoms with van der Waals surface area (Å²) in [6.07, 6.45) is 9.97. The van der Waals surface area contributed by atoms with Gasteiger partial charge in [0.1, 0.15) is 9.84 Å². The molecule has 0 aliphatic heterocycles. The van der Waals surface area contributed by atoms with Crippen molar-refractivity contribution in [2.45, 2.75) is 51.0 Å². The first-order valence-corrected chi connectivity index (χ1v) is 8.42. The topological polar surface area (TPSA) is 46.2 Å². The predicted molar refractivity (Wildman–Crippen MR) is 68.4 cm³/mol. The molecule has 1 atom stereocenters. The molecule has 16 heavy (non-hydrogen) atoms. The van der Waals surface area contributed by atoms with E-state index in [1.165, 1.54) is 38.4 Å². The highest BCUT2D eigenvalue weighted by atomic mass is 32.2. The number of hydrogen-bond donors (Lipinski definition) is 1. The van der Waals surface area contributed by atoms with Gasteiger partial charge in [-0.05, 0) is 25.8 Å². The third-order valence-corrected chi connectivity index (χ3v) is 4.57. The van der Waals surface area contributed by atoms with Crippen molar-refractivity contribution in [3.8, 4) is 0 Å². The standard InChI is InChI=1S/C12H25NO2S/c1-13-12(8-9-16(2,14)15)10-11-6-4-3-5-7-11/h11-13H,3-10H2,1-2H3. The molecule has 1 aliphatic rings. The zero-order valence-electron chi connectivity index (χ0n) is 10.5. The maximum Gasteiger partial charge on any atom is 0.147 e. The minimum Gasteiger partial charge on any atom is -0.317 e. The van der Waals surface area contributed by atoms with Crippen molar-refractivity contribution >= 4 is 9.84 Å². The van der Waals surface area contributed by atoms with E-state index < -0.39 is 9.84 Å². The van der Waals surface area contributed by atoms with Crippen LogP contribution in [0.15, 0.2) is 0 Å². The molecule has 0 spiro atoms. The van der Waals surface area contributed by atoms with Crippen LogP contribution in [-0.2, 0) is 9.84 Å². The summed E-state index contributed by atoms with van der Waals surface area (Å²) in [5, 5.41) is 3.26. The van der Waals surface area contributed by atoms with Gasteiger partial charge >= 0.3 is 0 Å². The van der Waals surface area contributed by atoms with E-state index in [-0.39, 0.29) is 0 Å². The van der Waals surface area contributed by atoms with Gasteiger partial charge in [-0.15, -0.1) is 0 Å². The molecule has 0 aromatic rings. The van der Waals surface area contributed by atoms with E-state index in [0.717, 1.165) is 18.8 Å². The molecule has 0 amide bonds. The van der Waals surface area contributed by atoms with Crippen molar-refractivity contribution in [3.63, 3.8) is 0 Å². The van der Waals surface area contributed by atoms with E-state index in [9.17, 15) is 8.42 Å². The molecule has 1 rings (SSSR count). The Bertz CT molecular complexity index is 281. The van der Waals surface area contributed by atoms with Gasteiger partial charge in [-0.3, -0.25) is 0 Å². The number of sulfone groups is 1. The molecular formula is C12H25NO2S. The van der Waals surface area contributed by atoms with E-state index in [1.54, 1.807) is 0 Å². The monoisotopic (exact) mass is 247 g/mol. The second-order valence-corrected chi connectivity index (χ2v) is 7.40. The van der Waals surface area contributed by atoms with Gasteiger partial charge < -0.3 is 5.32 Å². The van der Waals surface area contributed by atoms with Crippen LogP contribution in [0.3, 0.4) is 0 Å². The average molecular weight is 247 g/mol. The lowest BCUT2D eigenvalue weighted by Crippen LogP contribution is -2.30. The lowest BCUT2D eigenvalue weighted by molar-refractivity contribution is 0.301. The van der Waals surface area contributed by atoms with Crippen LogP contribution in [0.25, 0.3) is 0 Å². The van der Waals surface area contributed by atoms with Crippen molar-refractivity contribution in [2.75, 3.05) is 19.1 Å². The molecule has 0 aromatic carbocycles. The van der Waals surface area contributed by atoms with E-state index in [1.807, 2.05) is 7.05 Å². The smallest absolute Gasteiger partial charge is 0.147 e. The highest BCUT2D eigenvalue weighted by Gasteiger charge is 2.18. The summed E-state index contributed by atoms with van der Waals surface area (Å²) in [6.45, 7) is 0. The first-order valence-electron chi connectivity index (χ1n) is 6.36. The van der Waals surface area contributed by atoms with Crippen LogP contribution in [0.5, 0.6) is 0 Å². The summed E-state index contributed by atoms with van der Waals surface area (Å²) in [5.74, 6) is 1.12. The molecule has 1 fully saturated rings. The van der Waals surface area contributed by atoms with Crippen LogP contribution in [0.1, 0.15) is 44.9 Å². The highest BCUT2D eigenvalue weighted by molar-refractivity contribution is 7.90. The Hall–Kier alpha value is -0.0900. The zero-order chi connectivity index (χ0) is 12.0. The van der Waals surface area contributed by atoms with Crippen LogP contribution in [0.4, 0.5) is 0 Å². The Balaban J connectivity index is 2.30. The van der Waals surface area contributed by atoms with Crippen molar-refractivity contribution in [1.82, 2.24) is 5.32 Å². The predicted octanol–water partition coefficient (Wildman–Crippen LogP) is 1.98. The molecule has 0 saturated heterocycles. The first-order chi connectivity index (χ1) is 7.51. The third kappa shape index (κ3) is 5.85. The lowest BCUT2D eigenvalue weighted by atomic mass is 9.84. The molecule has 1 saturated carbocycles. The minimum absolute atomic E-state index is 0.311. The maximum absolute atomic E-state index is 11.1. The normalized spacial score (nSPS) is 20.9. The average Bonchev–Trinajstić information content (AvgIpc) is 2.24. The second kappa shape index (κ2) is 6.60. The molecule has 1 aliphatic carbocycles. The van der Waals surface area contributed by atoms with Crippen molar-refractivity contribution in [2.24, 2.45) is 5.92 Å². The van der Waals surface area contributed by atoms with Gasteiger partial charge in [-0.25, -0.2) is 8.42 Å². The molecule has 0 heterocycles. The fourth-order valence-electron chi connectivity index (χ4n) is 2.56. The molecule has 0 bridgehead atoms. The summed E-state index contributed by atoms with van der Waals surface area (Å²) in [7, 11) is -0.870. The van der Waals surface area contributed by atoms with Gasteiger partial charge in [-0.1, -0.05) is 32.1 Å². The molecule has 96 valence electrons. The van der Waals surface area contributed by atoms with E-state index in [2.05, 4.69) is 5.32 Å². The van der Waals surface area contributed by atoms with E-state index >= 15 is 0 Å². The third-order valence-electron chi connectivity index (χ3n) is 3.59. The molecule has 1 unspecified atom stereocenters. The minimum atomic E-state index is -2.81. The highest BCUT2D eigenvalue weighted by Crippen LogP contribution is 2.27. The summed E-state index contributed by atoms with van der Waals surface area (Å²) in [4.78, 5) is 0. The van der Waals surface area contributed by atoms with Crippen LogP contribution in [0.2, 0.25) is 0 Å². The quantitative estimate of drug-likeness (QED) is 0.780. The van der Waals surface area contributed by atoms with Crippen molar-refractivity contribution in [1.29, 1.82) is 0 Å². The number of rotatable bonds is 6. The fourth-order valence-corrected chi connectivity index (χ4v) is 3.27. The van der Waals surface area contributed by atoms with Gasteiger partial charge in [0.05, 0.1) is 5.75 Å². The summed E-state index contributed by atoms with van der Waals surface area (Å²) in [6, 6.07) is 0.373. The fraction of sp³-hybridized carbons (Fsp3) is 1.00. The zero-order valence-corrected chi connectivity index (χ0v) is 11.4. The molecule has 4 heteroatoms. The van der Waals surface area contributed by atoms with Gasteiger partial charge in [-0.2, -0.15) is 0 Å². The van der Waals surface area contributed by atoms with Crippen LogP contribution < -0.4 is 5.32 Å². The Kier molecular flexibility index (Phi) is 5.76. The first kappa shape index (κ1) is 14.0. The maximum atomic E-state index is 11.1. The van der Waals surface area contributed by atoms with Gasteiger partial charge in [0, 0.05) is 12.3 Å². The molecular weight excluding hydrogens is 222 g/mol. The van der Waals surface area contributed by atoms with Gasteiger partial charge in [0.15, 0.2) is 0 Å². The van der Waals surface area contributed by atoms with Crippen LogP contribution in [0, 0.1) is 5.92 Å². The molecule has 0 radical (unpaired) electrons. The lowest BCUT2D eigenvalue weighted by Gasteiger charge is -2.26. The Morgan fingerprint density at radius 1 is 1.25 bits per heavy atom. The molecule has 1 N–H and O–H groups in total. The van der Waals surface area contributed by atoms with Crippen molar-refractivity contribution in [3.05, 3.63) is 0 Å². The number of hydrogen-bond acceptors (Lipinski definition) is 3. The van der Waals surface area contributed by atoms with Crippen LogP contribution >= 0.6 is 0 Å². The largest absolute Gasteiger partial charge is 0.317 e. The van der Waals surface area contributed by atoms with Crippen LogP contribution in [-0.4, -0.2) is 33.5 Å². The SMILES string of the molecule is CNC(CCS(C)(=O)=O)CC1CCCCC1. The van der Waals surface area contributed by atoms with Gasteiger partial charge in [0.25, 0.3) is 0 Å².